The lowest BCUT2D eigenvalue weighted by atomic mass is 9.85. The first-order valence-corrected chi connectivity index (χ1v) is 7.97. The number of aliphatic hydroxyl groups is 1. The molecule has 0 atom stereocenters. The Hall–Kier alpha value is -2.33. The Labute approximate surface area is 136 Å². The summed E-state index contributed by atoms with van der Waals surface area (Å²) in [5, 5.41) is 10.8. The predicted molar refractivity (Wildman–Crippen MR) is 91.1 cm³/mol. The summed E-state index contributed by atoms with van der Waals surface area (Å²) >= 11 is 0. The van der Waals surface area contributed by atoms with Crippen molar-refractivity contribution < 1.29 is 9.90 Å². The molecule has 0 unspecified atom stereocenters. The summed E-state index contributed by atoms with van der Waals surface area (Å²) in [7, 11) is 0. The maximum absolute atomic E-state index is 12.6. The molecule has 1 amide bonds. The number of hydrogen-bond acceptors (Lipinski definition) is 3. The smallest absolute Gasteiger partial charge is 0.255 e. The van der Waals surface area contributed by atoms with Crippen molar-refractivity contribution in [1.29, 1.82) is 0 Å². The zero-order chi connectivity index (χ0) is 16.3. The van der Waals surface area contributed by atoms with Gasteiger partial charge in [-0.15, -0.1) is 0 Å². The number of piperidine rings is 1. The molecule has 1 aliphatic heterocycles. The number of nitrogen functional groups attached to an aromatic ring is 1. The van der Waals surface area contributed by atoms with Crippen molar-refractivity contribution in [2.75, 3.05) is 18.8 Å². The fourth-order valence-corrected chi connectivity index (χ4v) is 3.14. The first-order valence-electron chi connectivity index (χ1n) is 7.97. The standard InChI is InChI=1S/C19H22N2O2/c20-17-9-5-4-8-16(17)18(22)21-12-10-19(23,11-13-21)14-15-6-2-1-3-7-15/h1-9,23H,10-14,20H2. The Kier molecular flexibility index (Phi) is 4.35. The summed E-state index contributed by atoms with van der Waals surface area (Å²) in [4.78, 5) is 14.3. The van der Waals surface area contributed by atoms with Gasteiger partial charge in [0.15, 0.2) is 0 Å². The summed E-state index contributed by atoms with van der Waals surface area (Å²) in [6.45, 7) is 1.10. The van der Waals surface area contributed by atoms with E-state index in [1.165, 1.54) is 0 Å². The van der Waals surface area contributed by atoms with Gasteiger partial charge in [-0.3, -0.25) is 4.79 Å². The van der Waals surface area contributed by atoms with Crippen molar-refractivity contribution >= 4 is 11.6 Å². The Morgan fingerprint density at radius 3 is 2.30 bits per heavy atom. The summed E-state index contributed by atoms with van der Waals surface area (Å²) in [5.74, 6) is -0.0511. The van der Waals surface area contributed by atoms with E-state index in [2.05, 4.69) is 0 Å². The van der Waals surface area contributed by atoms with Gasteiger partial charge in [0.05, 0.1) is 11.2 Å². The number of anilines is 1. The van der Waals surface area contributed by atoms with Gasteiger partial charge in [0, 0.05) is 25.2 Å². The maximum atomic E-state index is 12.6. The van der Waals surface area contributed by atoms with Crippen molar-refractivity contribution in [2.45, 2.75) is 24.9 Å². The first kappa shape index (κ1) is 15.6. The van der Waals surface area contributed by atoms with Gasteiger partial charge in [-0.25, -0.2) is 0 Å². The molecule has 0 bridgehead atoms. The average molecular weight is 310 g/mol. The third kappa shape index (κ3) is 3.54. The van der Waals surface area contributed by atoms with Crippen LogP contribution in [0, 0.1) is 0 Å². The molecule has 0 aliphatic carbocycles. The fraction of sp³-hybridized carbons (Fsp3) is 0.316. The second kappa shape index (κ2) is 6.42. The molecule has 0 saturated carbocycles. The van der Waals surface area contributed by atoms with E-state index in [9.17, 15) is 9.90 Å². The number of amides is 1. The predicted octanol–water partition coefficient (Wildman–Crippen LogP) is 2.48. The van der Waals surface area contributed by atoms with E-state index in [1.807, 2.05) is 42.5 Å². The van der Waals surface area contributed by atoms with Crippen LogP contribution < -0.4 is 5.73 Å². The molecule has 1 aliphatic rings. The number of hydrogen-bond donors (Lipinski definition) is 2. The number of nitrogens with zero attached hydrogens (tertiary/aromatic N) is 1. The lowest BCUT2D eigenvalue weighted by molar-refractivity contribution is -0.0162. The SMILES string of the molecule is Nc1ccccc1C(=O)N1CCC(O)(Cc2ccccc2)CC1. The summed E-state index contributed by atoms with van der Waals surface area (Å²) < 4.78 is 0. The van der Waals surface area contributed by atoms with E-state index in [4.69, 9.17) is 5.73 Å². The number of rotatable bonds is 3. The third-order valence-corrected chi connectivity index (χ3v) is 4.55. The van der Waals surface area contributed by atoms with E-state index in [0.29, 0.717) is 43.6 Å². The second-order valence-electron chi connectivity index (χ2n) is 6.27. The van der Waals surface area contributed by atoms with Crippen LogP contribution in [0.1, 0.15) is 28.8 Å². The lowest BCUT2D eigenvalue weighted by Crippen LogP contribution is -2.47. The van der Waals surface area contributed by atoms with Crippen molar-refractivity contribution in [3.8, 4) is 0 Å². The first-order chi connectivity index (χ1) is 11.1. The highest BCUT2D eigenvalue weighted by Crippen LogP contribution is 2.27. The van der Waals surface area contributed by atoms with Crippen LogP contribution in [0.4, 0.5) is 5.69 Å². The number of likely N-dealkylation sites (tertiary alicyclic amines) is 1. The molecule has 120 valence electrons. The van der Waals surface area contributed by atoms with E-state index >= 15 is 0 Å². The summed E-state index contributed by atoms with van der Waals surface area (Å²) in [6.07, 6.45) is 1.80. The topological polar surface area (TPSA) is 66.6 Å². The van der Waals surface area contributed by atoms with Crippen LogP contribution in [0.3, 0.4) is 0 Å². The highest BCUT2D eigenvalue weighted by molar-refractivity contribution is 5.99. The molecule has 3 rings (SSSR count). The van der Waals surface area contributed by atoms with Gasteiger partial charge < -0.3 is 15.7 Å². The third-order valence-electron chi connectivity index (χ3n) is 4.55. The molecule has 3 N–H and O–H groups in total. The molecule has 1 fully saturated rings. The maximum Gasteiger partial charge on any atom is 0.255 e. The number of para-hydroxylation sites is 1. The highest BCUT2D eigenvalue weighted by Gasteiger charge is 2.34. The second-order valence-corrected chi connectivity index (χ2v) is 6.27. The Balaban J connectivity index is 1.64. The average Bonchev–Trinajstić information content (AvgIpc) is 2.56. The van der Waals surface area contributed by atoms with Crippen LogP contribution >= 0.6 is 0 Å². The fourth-order valence-electron chi connectivity index (χ4n) is 3.14. The van der Waals surface area contributed by atoms with Gasteiger partial charge in [-0.05, 0) is 30.5 Å². The van der Waals surface area contributed by atoms with E-state index < -0.39 is 5.60 Å². The van der Waals surface area contributed by atoms with Crippen LogP contribution in [0.2, 0.25) is 0 Å². The van der Waals surface area contributed by atoms with Crippen LogP contribution in [0.15, 0.2) is 54.6 Å². The zero-order valence-corrected chi connectivity index (χ0v) is 13.1. The van der Waals surface area contributed by atoms with E-state index in [0.717, 1.165) is 5.56 Å². The molecule has 23 heavy (non-hydrogen) atoms. The lowest BCUT2D eigenvalue weighted by Gasteiger charge is -2.38. The zero-order valence-electron chi connectivity index (χ0n) is 13.1. The molecular weight excluding hydrogens is 288 g/mol. The van der Waals surface area contributed by atoms with Gasteiger partial charge in [-0.2, -0.15) is 0 Å². The minimum absolute atomic E-state index is 0.0511. The molecule has 4 nitrogen and oxygen atoms in total. The van der Waals surface area contributed by atoms with Gasteiger partial charge >= 0.3 is 0 Å². The van der Waals surface area contributed by atoms with Gasteiger partial charge in [0.25, 0.3) is 5.91 Å². The summed E-state index contributed by atoms with van der Waals surface area (Å²) in [6, 6.07) is 17.1. The van der Waals surface area contributed by atoms with Crippen LogP contribution in [-0.4, -0.2) is 34.6 Å². The van der Waals surface area contributed by atoms with Gasteiger partial charge in [-0.1, -0.05) is 42.5 Å². The number of benzene rings is 2. The molecular formula is C19H22N2O2. The normalized spacial score (nSPS) is 17.0. The van der Waals surface area contributed by atoms with Crippen molar-refractivity contribution in [1.82, 2.24) is 4.90 Å². The molecule has 0 spiro atoms. The van der Waals surface area contributed by atoms with Crippen molar-refractivity contribution in [3.05, 3.63) is 65.7 Å². The number of nitrogens with two attached hydrogens (primary N) is 1. The van der Waals surface area contributed by atoms with Crippen LogP contribution in [-0.2, 0) is 6.42 Å². The van der Waals surface area contributed by atoms with Crippen LogP contribution in [0.5, 0.6) is 0 Å². The number of carbonyl (C=O) groups excluding carboxylic acids is 1. The van der Waals surface area contributed by atoms with Crippen molar-refractivity contribution in [3.63, 3.8) is 0 Å². The Bertz CT molecular complexity index is 677. The van der Waals surface area contributed by atoms with E-state index in [1.54, 1.807) is 17.0 Å². The van der Waals surface area contributed by atoms with E-state index in [-0.39, 0.29) is 5.91 Å². The minimum Gasteiger partial charge on any atom is -0.398 e. The summed E-state index contributed by atoms with van der Waals surface area (Å²) in [5.41, 5.74) is 7.32. The minimum atomic E-state index is -0.736. The molecule has 2 aromatic rings. The van der Waals surface area contributed by atoms with Crippen molar-refractivity contribution in [2.24, 2.45) is 0 Å². The number of carbonyl (C=O) groups is 1. The molecule has 2 aromatic carbocycles. The highest BCUT2D eigenvalue weighted by atomic mass is 16.3. The molecule has 0 radical (unpaired) electrons. The Morgan fingerprint density at radius 1 is 1.04 bits per heavy atom. The molecule has 1 saturated heterocycles. The largest absolute Gasteiger partial charge is 0.398 e. The quantitative estimate of drug-likeness (QED) is 0.856. The van der Waals surface area contributed by atoms with Gasteiger partial charge in [0.1, 0.15) is 0 Å². The molecule has 0 aromatic heterocycles. The molecule has 1 heterocycles. The van der Waals surface area contributed by atoms with Crippen LogP contribution in [0.25, 0.3) is 0 Å². The molecule has 4 heteroatoms. The van der Waals surface area contributed by atoms with Gasteiger partial charge in [0.2, 0.25) is 0 Å². The Morgan fingerprint density at radius 2 is 1.65 bits per heavy atom. The monoisotopic (exact) mass is 310 g/mol.